The van der Waals surface area contributed by atoms with E-state index < -0.39 is 16.6 Å². The molecule has 2 aromatic carbocycles. The number of nitro benzene ring substituents is 1. The standard InChI is InChI=1S/C17H11N3O5/c1-25-12-4-2-3-10(7-12)16(21)9-15-17(22)19-14-8-11(20(23)24)5-6-13(14)18-15/h2-9H,1H3/b15-9-. The summed E-state index contributed by atoms with van der Waals surface area (Å²) in [6, 6.07) is 10.3. The lowest BCUT2D eigenvalue weighted by molar-refractivity contribution is -0.385. The zero-order valence-electron chi connectivity index (χ0n) is 13.0. The van der Waals surface area contributed by atoms with E-state index in [2.05, 4.69) is 9.98 Å². The number of carbonyl (C=O) groups excluding carboxylic acids is 2. The molecule has 124 valence electrons. The molecule has 0 aromatic heterocycles. The number of nitro groups is 1. The van der Waals surface area contributed by atoms with Crippen LogP contribution in [0.1, 0.15) is 10.4 Å². The molecule has 0 bridgehead atoms. The molecular weight excluding hydrogens is 326 g/mol. The van der Waals surface area contributed by atoms with Crippen LogP contribution in [0.2, 0.25) is 0 Å². The SMILES string of the molecule is COc1cccc(C(=O)/C=C2\N=c3ccc([N+](=O)[O-])cc3=NC2=O)c1. The third-order valence-corrected chi connectivity index (χ3v) is 3.47. The van der Waals surface area contributed by atoms with Crippen molar-refractivity contribution in [3.05, 3.63) is 80.6 Å². The first-order valence-electron chi connectivity index (χ1n) is 7.14. The Kier molecular flexibility index (Phi) is 4.17. The average Bonchev–Trinajstić information content (AvgIpc) is 2.61. The summed E-state index contributed by atoms with van der Waals surface area (Å²) in [7, 11) is 1.48. The molecule has 1 aliphatic rings. The van der Waals surface area contributed by atoms with E-state index in [0.29, 0.717) is 11.3 Å². The summed E-state index contributed by atoms with van der Waals surface area (Å²) in [4.78, 5) is 42.4. The van der Waals surface area contributed by atoms with Crippen LogP contribution in [-0.2, 0) is 4.79 Å². The first-order chi connectivity index (χ1) is 12.0. The van der Waals surface area contributed by atoms with Gasteiger partial charge in [0.2, 0.25) is 0 Å². The summed E-state index contributed by atoms with van der Waals surface area (Å²) >= 11 is 0. The zero-order chi connectivity index (χ0) is 18.0. The van der Waals surface area contributed by atoms with Crippen LogP contribution in [0.3, 0.4) is 0 Å². The van der Waals surface area contributed by atoms with Crippen molar-refractivity contribution < 1.29 is 19.2 Å². The summed E-state index contributed by atoms with van der Waals surface area (Å²) in [6.45, 7) is 0. The molecule has 1 aliphatic heterocycles. The smallest absolute Gasteiger partial charge is 0.296 e. The molecule has 0 N–H and O–H groups in total. The van der Waals surface area contributed by atoms with E-state index in [0.717, 1.165) is 12.1 Å². The lowest BCUT2D eigenvalue weighted by Crippen LogP contribution is -2.31. The summed E-state index contributed by atoms with van der Waals surface area (Å²) in [5, 5.41) is 11.2. The fourth-order valence-electron chi connectivity index (χ4n) is 2.23. The number of hydrogen-bond donors (Lipinski definition) is 0. The summed E-state index contributed by atoms with van der Waals surface area (Å²) < 4.78 is 5.06. The van der Waals surface area contributed by atoms with Gasteiger partial charge in [-0.1, -0.05) is 12.1 Å². The van der Waals surface area contributed by atoms with Gasteiger partial charge in [-0.05, 0) is 18.2 Å². The summed E-state index contributed by atoms with van der Waals surface area (Å²) in [6.07, 6.45) is 1.09. The topological polar surface area (TPSA) is 111 Å². The highest BCUT2D eigenvalue weighted by Gasteiger charge is 2.16. The maximum absolute atomic E-state index is 12.3. The molecule has 0 atom stereocenters. The van der Waals surface area contributed by atoms with Crippen LogP contribution in [0.5, 0.6) is 5.75 Å². The van der Waals surface area contributed by atoms with Gasteiger partial charge in [-0.25, -0.2) is 9.98 Å². The zero-order valence-corrected chi connectivity index (χ0v) is 13.0. The Morgan fingerprint density at radius 1 is 1.16 bits per heavy atom. The maximum Gasteiger partial charge on any atom is 0.296 e. The Morgan fingerprint density at radius 3 is 2.68 bits per heavy atom. The lowest BCUT2D eigenvalue weighted by Gasteiger charge is -2.04. The molecule has 25 heavy (non-hydrogen) atoms. The van der Waals surface area contributed by atoms with E-state index in [4.69, 9.17) is 4.74 Å². The van der Waals surface area contributed by atoms with Gasteiger partial charge >= 0.3 is 0 Å². The van der Waals surface area contributed by atoms with Crippen LogP contribution in [0.25, 0.3) is 0 Å². The van der Waals surface area contributed by atoms with Gasteiger partial charge in [-0.3, -0.25) is 19.7 Å². The van der Waals surface area contributed by atoms with Gasteiger partial charge in [-0.2, -0.15) is 0 Å². The molecule has 0 saturated heterocycles. The van der Waals surface area contributed by atoms with Gasteiger partial charge in [0.1, 0.15) is 11.4 Å². The number of amides is 1. The van der Waals surface area contributed by atoms with Crippen LogP contribution in [0, 0.1) is 10.1 Å². The largest absolute Gasteiger partial charge is 0.497 e. The molecular formula is C17H11N3O5. The minimum absolute atomic E-state index is 0.102. The van der Waals surface area contributed by atoms with Gasteiger partial charge in [0.15, 0.2) is 5.78 Å². The van der Waals surface area contributed by atoms with Crippen LogP contribution < -0.4 is 15.5 Å². The third-order valence-electron chi connectivity index (χ3n) is 3.47. The Labute approximate surface area is 140 Å². The Bertz CT molecular complexity index is 1060. The normalized spacial score (nSPS) is 14.3. The number of allylic oxidation sites excluding steroid dienone is 1. The van der Waals surface area contributed by atoms with Crippen molar-refractivity contribution in [2.75, 3.05) is 7.11 Å². The molecule has 0 unspecified atom stereocenters. The molecule has 0 radical (unpaired) electrons. The molecule has 1 heterocycles. The molecule has 3 rings (SSSR count). The summed E-state index contributed by atoms with van der Waals surface area (Å²) in [5.74, 6) is -0.644. The number of benzene rings is 2. The molecule has 0 spiro atoms. The predicted molar refractivity (Wildman–Crippen MR) is 85.8 cm³/mol. The van der Waals surface area contributed by atoms with Crippen LogP contribution in [0.4, 0.5) is 5.69 Å². The predicted octanol–water partition coefficient (Wildman–Crippen LogP) is 1.15. The fraction of sp³-hybridized carbons (Fsp3) is 0.0588. The first kappa shape index (κ1) is 16.2. The number of ether oxygens (including phenoxy) is 1. The maximum atomic E-state index is 12.3. The number of carbonyl (C=O) groups is 2. The number of nitrogens with zero attached hydrogens (tertiary/aromatic N) is 3. The quantitative estimate of drug-likeness (QED) is 0.359. The summed E-state index contributed by atoms with van der Waals surface area (Å²) in [5.41, 5.74) is 0.0175. The van der Waals surface area contributed by atoms with Crippen molar-refractivity contribution >= 4 is 17.4 Å². The van der Waals surface area contributed by atoms with Crippen molar-refractivity contribution in [3.8, 4) is 5.75 Å². The van der Waals surface area contributed by atoms with Crippen molar-refractivity contribution in [3.63, 3.8) is 0 Å². The number of non-ortho nitro benzene ring substituents is 1. The van der Waals surface area contributed by atoms with E-state index in [9.17, 15) is 19.7 Å². The van der Waals surface area contributed by atoms with E-state index >= 15 is 0 Å². The van der Waals surface area contributed by atoms with Crippen molar-refractivity contribution in [1.29, 1.82) is 0 Å². The number of ketones is 1. The molecule has 0 fully saturated rings. The molecule has 1 amide bonds. The van der Waals surface area contributed by atoms with Gasteiger partial charge in [0, 0.05) is 23.8 Å². The number of hydrogen-bond acceptors (Lipinski definition) is 6. The second kappa shape index (κ2) is 6.44. The molecule has 0 aliphatic carbocycles. The Balaban J connectivity index is 2.00. The molecule has 2 aromatic rings. The second-order valence-corrected chi connectivity index (χ2v) is 5.08. The van der Waals surface area contributed by atoms with Crippen LogP contribution >= 0.6 is 0 Å². The highest BCUT2D eigenvalue weighted by molar-refractivity contribution is 6.09. The van der Waals surface area contributed by atoms with E-state index in [1.54, 1.807) is 24.3 Å². The molecule has 0 saturated carbocycles. The van der Waals surface area contributed by atoms with Gasteiger partial charge in [0.05, 0.1) is 22.7 Å². The Hall–Kier alpha value is -3.68. The molecule has 8 nitrogen and oxygen atoms in total. The highest BCUT2D eigenvalue weighted by Crippen LogP contribution is 2.15. The van der Waals surface area contributed by atoms with Crippen molar-refractivity contribution in [2.24, 2.45) is 9.98 Å². The van der Waals surface area contributed by atoms with Gasteiger partial charge in [0.25, 0.3) is 11.6 Å². The molecule has 8 heteroatoms. The number of fused-ring (bicyclic) bond motifs is 1. The van der Waals surface area contributed by atoms with Crippen LogP contribution in [0.15, 0.2) is 64.2 Å². The van der Waals surface area contributed by atoms with Crippen molar-refractivity contribution in [1.82, 2.24) is 0 Å². The fourth-order valence-corrected chi connectivity index (χ4v) is 2.23. The average molecular weight is 337 g/mol. The second-order valence-electron chi connectivity index (χ2n) is 5.08. The number of methoxy groups -OCH3 is 1. The van der Waals surface area contributed by atoms with Crippen molar-refractivity contribution in [2.45, 2.75) is 0 Å². The first-order valence-corrected chi connectivity index (χ1v) is 7.14. The highest BCUT2D eigenvalue weighted by atomic mass is 16.6. The van der Waals surface area contributed by atoms with Crippen LogP contribution in [-0.4, -0.2) is 23.7 Å². The van der Waals surface area contributed by atoms with E-state index in [1.165, 1.54) is 19.2 Å². The lowest BCUT2D eigenvalue weighted by atomic mass is 10.1. The monoisotopic (exact) mass is 337 g/mol. The van der Waals surface area contributed by atoms with Gasteiger partial charge in [-0.15, -0.1) is 0 Å². The minimum Gasteiger partial charge on any atom is -0.497 e. The third kappa shape index (κ3) is 3.32. The van der Waals surface area contributed by atoms with Gasteiger partial charge < -0.3 is 4.74 Å². The number of rotatable bonds is 4. The Morgan fingerprint density at radius 2 is 1.96 bits per heavy atom. The minimum atomic E-state index is -0.732. The van der Waals surface area contributed by atoms with E-state index in [-0.39, 0.29) is 22.1 Å². The van der Waals surface area contributed by atoms with E-state index in [1.807, 2.05) is 0 Å².